The normalized spacial score (nSPS) is 11.8. The zero-order valence-corrected chi connectivity index (χ0v) is 14.0. The number of aryl methyl sites for hydroxylation is 2. The first-order valence-corrected chi connectivity index (χ1v) is 7.61. The Morgan fingerprint density at radius 3 is 2.62 bits per heavy atom. The summed E-state index contributed by atoms with van der Waals surface area (Å²) in [4.78, 5) is 4.21. The first kappa shape index (κ1) is 17.5. The van der Waals surface area contributed by atoms with E-state index in [9.17, 15) is 0 Å². The molecule has 0 aromatic carbocycles. The van der Waals surface area contributed by atoms with Gasteiger partial charge >= 0.3 is 0 Å². The molecule has 1 aromatic heterocycles. The van der Waals surface area contributed by atoms with Gasteiger partial charge in [-0.25, -0.2) is 0 Å². The number of unbranched alkanes of at least 4 members (excludes halogenated alkanes) is 1. The SMILES string of the molecule is CCCCOCCNC(=NC)NCc1c(C)nn(C)c1C. The molecule has 1 rings (SSSR count). The molecule has 0 unspecified atom stereocenters. The van der Waals surface area contributed by atoms with Crippen molar-refractivity contribution < 1.29 is 4.74 Å². The van der Waals surface area contributed by atoms with Crippen LogP contribution in [-0.4, -0.2) is 42.5 Å². The third-order valence-corrected chi connectivity index (χ3v) is 3.50. The summed E-state index contributed by atoms with van der Waals surface area (Å²) in [6.07, 6.45) is 2.28. The topological polar surface area (TPSA) is 63.5 Å². The number of hydrogen-bond donors (Lipinski definition) is 2. The van der Waals surface area contributed by atoms with Crippen LogP contribution in [0.15, 0.2) is 4.99 Å². The number of rotatable bonds is 8. The number of nitrogens with one attached hydrogen (secondary N) is 2. The molecular formula is C15H29N5O. The second-order valence-electron chi connectivity index (χ2n) is 5.09. The molecule has 6 heteroatoms. The Morgan fingerprint density at radius 2 is 2.05 bits per heavy atom. The molecule has 0 aliphatic rings. The molecule has 2 N–H and O–H groups in total. The Labute approximate surface area is 128 Å². The van der Waals surface area contributed by atoms with Crippen molar-refractivity contribution in [3.8, 4) is 0 Å². The molecule has 0 radical (unpaired) electrons. The second kappa shape index (κ2) is 9.39. The Morgan fingerprint density at radius 1 is 1.29 bits per heavy atom. The van der Waals surface area contributed by atoms with Crippen molar-refractivity contribution in [2.24, 2.45) is 12.0 Å². The fraction of sp³-hybridized carbons (Fsp3) is 0.733. The number of nitrogens with zero attached hydrogens (tertiary/aromatic N) is 3. The number of guanidine groups is 1. The predicted molar refractivity (Wildman–Crippen MR) is 86.6 cm³/mol. The van der Waals surface area contributed by atoms with Crippen LogP contribution in [-0.2, 0) is 18.3 Å². The minimum atomic E-state index is 0.700. The lowest BCUT2D eigenvalue weighted by molar-refractivity contribution is 0.136. The van der Waals surface area contributed by atoms with Gasteiger partial charge in [0.05, 0.1) is 12.3 Å². The van der Waals surface area contributed by atoms with Crippen molar-refractivity contribution in [2.45, 2.75) is 40.2 Å². The number of ether oxygens (including phenoxy) is 1. The van der Waals surface area contributed by atoms with Gasteiger partial charge in [0, 0.05) is 45.0 Å². The summed E-state index contributed by atoms with van der Waals surface area (Å²) in [5.41, 5.74) is 3.46. The van der Waals surface area contributed by atoms with Gasteiger partial charge in [0.25, 0.3) is 0 Å². The maximum absolute atomic E-state index is 5.51. The van der Waals surface area contributed by atoms with Crippen LogP contribution in [0.2, 0.25) is 0 Å². The van der Waals surface area contributed by atoms with Crippen molar-refractivity contribution >= 4 is 5.96 Å². The van der Waals surface area contributed by atoms with Crippen LogP contribution in [0.3, 0.4) is 0 Å². The van der Waals surface area contributed by atoms with Gasteiger partial charge in [-0.15, -0.1) is 0 Å². The molecule has 120 valence electrons. The molecule has 1 aromatic rings. The molecule has 0 aliphatic carbocycles. The van der Waals surface area contributed by atoms with Crippen molar-refractivity contribution in [1.29, 1.82) is 0 Å². The molecule has 0 aliphatic heterocycles. The summed E-state index contributed by atoms with van der Waals surface area (Å²) in [6.45, 7) is 9.28. The predicted octanol–water partition coefficient (Wildman–Crippen LogP) is 1.52. The Kier molecular flexibility index (Phi) is 7.82. The first-order chi connectivity index (χ1) is 10.1. The van der Waals surface area contributed by atoms with Crippen LogP contribution in [0.5, 0.6) is 0 Å². The van der Waals surface area contributed by atoms with Crippen LogP contribution in [0, 0.1) is 13.8 Å². The van der Waals surface area contributed by atoms with E-state index in [2.05, 4.69) is 34.6 Å². The smallest absolute Gasteiger partial charge is 0.191 e. The van der Waals surface area contributed by atoms with Gasteiger partial charge in [-0.05, 0) is 20.3 Å². The van der Waals surface area contributed by atoms with Crippen molar-refractivity contribution in [3.63, 3.8) is 0 Å². The van der Waals surface area contributed by atoms with Gasteiger partial charge in [0.2, 0.25) is 0 Å². The van der Waals surface area contributed by atoms with E-state index in [1.165, 1.54) is 17.7 Å². The number of aliphatic imine (C=N–C) groups is 1. The van der Waals surface area contributed by atoms with Crippen molar-refractivity contribution in [3.05, 3.63) is 17.0 Å². The van der Waals surface area contributed by atoms with Gasteiger partial charge in [-0.3, -0.25) is 9.67 Å². The summed E-state index contributed by atoms with van der Waals surface area (Å²) in [5.74, 6) is 0.789. The summed E-state index contributed by atoms with van der Waals surface area (Å²) in [7, 11) is 3.74. The molecule has 0 saturated carbocycles. The maximum Gasteiger partial charge on any atom is 0.191 e. The van der Waals surface area contributed by atoms with Crippen LogP contribution in [0.1, 0.15) is 36.7 Å². The van der Waals surface area contributed by atoms with E-state index in [1.54, 1.807) is 7.05 Å². The highest BCUT2D eigenvalue weighted by Gasteiger charge is 2.09. The molecule has 21 heavy (non-hydrogen) atoms. The van der Waals surface area contributed by atoms with E-state index in [1.807, 2.05) is 18.7 Å². The lowest BCUT2D eigenvalue weighted by Crippen LogP contribution is -2.38. The highest BCUT2D eigenvalue weighted by molar-refractivity contribution is 5.79. The third-order valence-electron chi connectivity index (χ3n) is 3.50. The van der Waals surface area contributed by atoms with Crippen molar-refractivity contribution in [1.82, 2.24) is 20.4 Å². The third kappa shape index (κ3) is 5.75. The van der Waals surface area contributed by atoms with Gasteiger partial charge in [0.1, 0.15) is 0 Å². The minimum absolute atomic E-state index is 0.700. The Hall–Kier alpha value is -1.56. The lowest BCUT2D eigenvalue weighted by atomic mass is 10.2. The summed E-state index contributed by atoms with van der Waals surface area (Å²) in [6, 6.07) is 0. The maximum atomic E-state index is 5.51. The van der Waals surface area contributed by atoms with Gasteiger partial charge < -0.3 is 15.4 Å². The van der Waals surface area contributed by atoms with Gasteiger partial charge in [0.15, 0.2) is 5.96 Å². The molecule has 0 saturated heterocycles. The average molecular weight is 295 g/mol. The Balaban J connectivity index is 2.31. The van der Waals surface area contributed by atoms with E-state index in [4.69, 9.17) is 4.74 Å². The van der Waals surface area contributed by atoms with Crippen LogP contribution < -0.4 is 10.6 Å². The molecule has 0 atom stereocenters. The fourth-order valence-electron chi connectivity index (χ4n) is 2.06. The standard InChI is InChI=1S/C15H29N5O/c1-6-7-9-21-10-8-17-15(16-4)18-11-14-12(2)19-20(5)13(14)3/h6-11H2,1-5H3,(H2,16,17,18). The van der Waals surface area contributed by atoms with E-state index in [-0.39, 0.29) is 0 Å². The van der Waals surface area contributed by atoms with E-state index >= 15 is 0 Å². The largest absolute Gasteiger partial charge is 0.380 e. The molecule has 6 nitrogen and oxygen atoms in total. The van der Waals surface area contributed by atoms with Gasteiger partial charge in [-0.1, -0.05) is 13.3 Å². The number of aromatic nitrogens is 2. The highest BCUT2D eigenvalue weighted by atomic mass is 16.5. The van der Waals surface area contributed by atoms with E-state index < -0.39 is 0 Å². The van der Waals surface area contributed by atoms with Crippen LogP contribution in [0.25, 0.3) is 0 Å². The summed E-state index contributed by atoms with van der Waals surface area (Å²) >= 11 is 0. The fourth-order valence-corrected chi connectivity index (χ4v) is 2.06. The molecule has 0 bridgehead atoms. The minimum Gasteiger partial charge on any atom is -0.380 e. The molecule has 0 amide bonds. The van der Waals surface area contributed by atoms with Crippen molar-refractivity contribution in [2.75, 3.05) is 26.8 Å². The average Bonchev–Trinajstić information content (AvgIpc) is 2.71. The molecule has 0 spiro atoms. The summed E-state index contributed by atoms with van der Waals surface area (Å²) in [5, 5.41) is 11.0. The summed E-state index contributed by atoms with van der Waals surface area (Å²) < 4.78 is 7.42. The second-order valence-corrected chi connectivity index (χ2v) is 5.09. The van der Waals surface area contributed by atoms with Gasteiger partial charge in [-0.2, -0.15) is 5.10 Å². The van der Waals surface area contributed by atoms with Crippen LogP contribution in [0.4, 0.5) is 0 Å². The molecule has 0 fully saturated rings. The number of hydrogen-bond acceptors (Lipinski definition) is 3. The molecule has 1 heterocycles. The van der Waals surface area contributed by atoms with E-state index in [0.717, 1.165) is 37.8 Å². The lowest BCUT2D eigenvalue weighted by Gasteiger charge is -2.12. The van der Waals surface area contributed by atoms with E-state index in [0.29, 0.717) is 6.61 Å². The quantitative estimate of drug-likeness (QED) is 0.433. The monoisotopic (exact) mass is 295 g/mol. The Bertz CT molecular complexity index is 453. The zero-order valence-electron chi connectivity index (χ0n) is 14.0. The van der Waals surface area contributed by atoms with Crippen LogP contribution >= 0.6 is 0 Å². The molecular weight excluding hydrogens is 266 g/mol. The highest BCUT2D eigenvalue weighted by Crippen LogP contribution is 2.10. The zero-order chi connectivity index (χ0) is 15.7. The first-order valence-electron chi connectivity index (χ1n) is 7.61.